The minimum absolute atomic E-state index is 0.265. The first kappa shape index (κ1) is 17.1. The molecule has 1 unspecified atom stereocenters. The first-order chi connectivity index (χ1) is 11.7. The predicted molar refractivity (Wildman–Crippen MR) is 93.8 cm³/mol. The number of amides is 1. The zero-order valence-corrected chi connectivity index (χ0v) is 14.8. The molecule has 0 spiro atoms. The van der Waals surface area contributed by atoms with Crippen molar-refractivity contribution in [3.63, 3.8) is 0 Å². The predicted octanol–water partition coefficient (Wildman–Crippen LogP) is 2.51. The molecule has 0 aliphatic carbocycles. The third kappa shape index (κ3) is 3.66. The standard InChI is InChI=1S/C19H28N2O3/c1-23-17-8-6-7-16(19(17)24-2)15-9-12-21(13-15)18(22)14-20-10-4-3-5-11-20/h6-8,15H,3-5,9-14H2,1-2H3. The first-order valence-electron chi connectivity index (χ1n) is 8.94. The molecule has 5 heteroatoms. The van der Waals surface area contributed by atoms with Gasteiger partial charge in [-0.05, 0) is 38.4 Å². The summed E-state index contributed by atoms with van der Waals surface area (Å²) in [6.07, 6.45) is 4.72. The highest BCUT2D eigenvalue weighted by molar-refractivity contribution is 5.78. The van der Waals surface area contributed by atoms with Crippen molar-refractivity contribution in [3.8, 4) is 11.5 Å². The average Bonchev–Trinajstić information content (AvgIpc) is 3.12. The van der Waals surface area contributed by atoms with Gasteiger partial charge in [0.05, 0.1) is 20.8 Å². The minimum atomic E-state index is 0.265. The lowest BCUT2D eigenvalue weighted by Crippen LogP contribution is -2.41. The van der Waals surface area contributed by atoms with Crippen LogP contribution in [0.3, 0.4) is 0 Å². The Hall–Kier alpha value is -1.75. The van der Waals surface area contributed by atoms with Gasteiger partial charge in [0.2, 0.25) is 5.91 Å². The van der Waals surface area contributed by atoms with Crippen LogP contribution in [0.4, 0.5) is 0 Å². The van der Waals surface area contributed by atoms with Gasteiger partial charge in [0.1, 0.15) is 0 Å². The number of hydrogen-bond donors (Lipinski definition) is 0. The van der Waals surface area contributed by atoms with Gasteiger partial charge in [0.15, 0.2) is 11.5 Å². The summed E-state index contributed by atoms with van der Waals surface area (Å²) in [6, 6.07) is 6.00. The largest absolute Gasteiger partial charge is 0.493 e. The van der Waals surface area contributed by atoms with Crippen molar-refractivity contribution >= 4 is 5.91 Å². The number of carbonyl (C=O) groups excluding carboxylic acids is 1. The quantitative estimate of drug-likeness (QED) is 0.831. The van der Waals surface area contributed by atoms with E-state index in [4.69, 9.17) is 9.47 Å². The zero-order chi connectivity index (χ0) is 16.9. The average molecular weight is 332 g/mol. The molecule has 1 aromatic carbocycles. The summed E-state index contributed by atoms with van der Waals surface area (Å²) in [7, 11) is 3.33. The van der Waals surface area contributed by atoms with Crippen LogP contribution in [0, 0.1) is 0 Å². The molecule has 132 valence electrons. The van der Waals surface area contributed by atoms with Gasteiger partial charge in [-0.2, -0.15) is 0 Å². The van der Waals surface area contributed by atoms with Crippen LogP contribution in [0.25, 0.3) is 0 Å². The molecule has 0 radical (unpaired) electrons. The number of likely N-dealkylation sites (tertiary alicyclic amines) is 2. The number of benzene rings is 1. The third-order valence-corrected chi connectivity index (χ3v) is 5.22. The van der Waals surface area contributed by atoms with E-state index in [2.05, 4.69) is 11.0 Å². The van der Waals surface area contributed by atoms with Crippen LogP contribution in [0.15, 0.2) is 18.2 Å². The van der Waals surface area contributed by atoms with Crippen LogP contribution >= 0.6 is 0 Å². The van der Waals surface area contributed by atoms with Gasteiger partial charge in [-0.3, -0.25) is 9.69 Å². The summed E-state index contributed by atoms with van der Waals surface area (Å²) in [6.45, 7) is 4.30. The molecule has 5 nitrogen and oxygen atoms in total. The highest BCUT2D eigenvalue weighted by Gasteiger charge is 2.30. The van der Waals surface area contributed by atoms with E-state index in [-0.39, 0.29) is 5.91 Å². The Balaban J connectivity index is 1.63. The monoisotopic (exact) mass is 332 g/mol. The number of ether oxygens (including phenoxy) is 2. The number of methoxy groups -OCH3 is 2. The molecule has 2 fully saturated rings. The molecule has 0 aromatic heterocycles. The Morgan fingerprint density at radius 1 is 1.12 bits per heavy atom. The maximum atomic E-state index is 12.6. The maximum Gasteiger partial charge on any atom is 0.236 e. The van der Waals surface area contributed by atoms with E-state index in [0.717, 1.165) is 49.7 Å². The highest BCUT2D eigenvalue weighted by atomic mass is 16.5. The van der Waals surface area contributed by atoms with E-state index >= 15 is 0 Å². The smallest absolute Gasteiger partial charge is 0.236 e. The molecule has 3 rings (SSSR count). The number of nitrogens with zero attached hydrogens (tertiary/aromatic N) is 2. The van der Waals surface area contributed by atoms with Crippen molar-refractivity contribution in [2.24, 2.45) is 0 Å². The van der Waals surface area contributed by atoms with Crippen molar-refractivity contribution in [2.45, 2.75) is 31.6 Å². The van der Waals surface area contributed by atoms with Crippen LogP contribution in [-0.2, 0) is 4.79 Å². The van der Waals surface area contributed by atoms with E-state index in [1.54, 1.807) is 14.2 Å². The fraction of sp³-hybridized carbons (Fsp3) is 0.632. The first-order valence-corrected chi connectivity index (χ1v) is 8.94. The second-order valence-electron chi connectivity index (χ2n) is 6.74. The Kier molecular flexibility index (Phi) is 5.61. The number of hydrogen-bond acceptors (Lipinski definition) is 4. The minimum Gasteiger partial charge on any atom is -0.493 e. The summed E-state index contributed by atoms with van der Waals surface area (Å²) < 4.78 is 11.0. The molecule has 2 heterocycles. The van der Waals surface area contributed by atoms with Crippen LogP contribution in [0.5, 0.6) is 11.5 Å². The van der Waals surface area contributed by atoms with Gasteiger partial charge in [0.25, 0.3) is 0 Å². The molecule has 2 aliphatic heterocycles. The fourth-order valence-electron chi connectivity index (χ4n) is 3.88. The lowest BCUT2D eigenvalue weighted by atomic mass is 9.97. The summed E-state index contributed by atoms with van der Waals surface area (Å²) in [5, 5.41) is 0. The molecule has 0 N–H and O–H groups in total. The van der Waals surface area contributed by atoms with E-state index in [9.17, 15) is 4.79 Å². The normalized spacial score (nSPS) is 21.8. The SMILES string of the molecule is COc1cccc(C2CCN(C(=O)CN3CCCCC3)C2)c1OC. The summed E-state index contributed by atoms with van der Waals surface area (Å²) >= 11 is 0. The summed E-state index contributed by atoms with van der Waals surface area (Å²) in [5.41, 5.74) is 1.14. The molecular formula is C19H28N2O3. The Morgan fingerprint density at radius 3 is 2.62 bits per heavy atom. The highest BCUT2D eigenvalue weighted by Crippen LogP contribution is 2.39. The summed E-state index contributed by atoms with van der Waals surface area (Å²) in [5.74, 6) is 2.14. The van der Waals surface area contributed by atoms with E-state index in [1.165, 1.54) is 19.3 Å². The van der Waals surface area contributed by atoms with Gasteiger partial charge in [-0.1, -0.05) is 18.6 Å². The molecule has 24 heavy (non-hydrogen) atoms. The lowest BCUT2D eigenvalue weighted by Gasteiger charge is -2.28. The summed E-state index contributed by atoms with van der Waals surface area (Å²) in [4.78, 5) is 16.9. The molecular weight excluding hydrogens is 304 g/mol. The van der Waals surface area contributed by atoms with E-state index in [0.29, 0.717) is 12.5 Å². The molecule has 1 amide bonds. The van der Waals surface area contributed by atoms with Crippen LogP contribution in [-0.4, -0.2) is 62.7 Å². The van der Waals surface area contributed by atoms with Crippen molar-refractivity contribution in [1.29, 1.82) is 0 Å². The number of rotatable bonds is 5. The zero-order valence-electron chi connectivity index (χ0n) is 14.8. The van der Waals surface area contributed by atoms with Gasteiger partial charge < -0.3 is 14.4 Å². The lowest BCUT2D eigenvalue weighted by molar-refractivity contribution is -0.131. The van der Waals surface area contributed by atoms with Gasteiger partial charge in [-0.15, -0.1) is 0 Å². The van der Waals surface area contributed by atoms with Crippen molar-refractivity contribution < 1.29 is 14.3 Å². The Labute approximate surface area is 144 Å². The van der Waals surface area contributed by atoms with Crippen LogP contribution in [0.2, 0.25) is 0 Å². The van der Waals surface area contributed by atoms with Crippen LogP contribution in [0.1, 0.15) is 37.2 Å². The number of piperidine rings is 1. The molecule has 1 aromatic rings. The maximum absolute atomic E-state index is 12.6. The van der Waals surface area contributed by atoms with E-state index < -0.39 is 0 Å². The molecule has 0 bridgehead atoms. The van der Waals surface area contributed by atoms with E-state index in [1.807, 2.05) is 17.0 Å². The second-order valence-corrected chi connectivity index (χ2v) is 6.74. The molecule has 1 atom stereocenters. The second kappa shape index (κ2) is 7.88. The fourth-order valence-corrected chi connectivity index (χ4v) is 3.88. The number of carbonyl (C=O) groups is 1. The van der Waals surface area contributed by atoms with Crippen LogP contribution < -0.4 is 9.47 Å². The van der Waals surface area contributed by atoms with Gasteiger partial charge in [-0.25, -0.2) is 0 Å². The molecule has 2 saturated heterocycles. The van der Waals surface area contributed by atoms with Crippen molar-refractivity contribution in [3.05, 3.63) is 23.8 Å². The molecule has 0 saturated carbocycles. The molecule has 2 aliphatic rings. The van der Waals surface area contributed by atoms with Crippen molar-refractivity contribution in [2.75, 3.05) is 46.9 Å². The topological polar surface area (TPSA) is 42.0 Å². The third-order valence-electron chi connectivity index (χ3n) is 5.22. The van der Waals surface area contributed by atoms with Crippen molar-refractivity contribution in [1.82, 2.24) is 9.80 Å². The number of para-hydroxylation sites is 1. The van der Waals surface area contributed by atoms with Gasteiger partial charge >= 0.3 is 0 Å². The van der Waals surface area contributed by atoms with Gasteiger partial charge in [0, 0.05) is 24.6 Å². The Morgan fingerprint density at radius 2 is 1.92 bits per heavy atom. The Bertz CT molecular complexity index is 570.